The lowest BCUT2D eigenvalue weighted by molar-refractivity contribution is -0.121. The molecular formula is C17H15FN2O3. The van der Waals surface area contributed by atoms with Crippen LogP contribution in [0.5, 0.6) is 5.75 Å². The Hall–Kier alpha value is -2.89. The Morgan fingerprint density at radius 1 is 1.13 bits per heavy atom. The molecule has 2 aromatic carbocycles. The topological polar surface area (TPSA) is 58.6 Å². The van der Waals surface area contributed by atoms with Crippen molar-refractivity contribution in [2.75, 3.05) is 17.3 Å². The second kappa shape index (κ2) is 6.08. The van der Waals surface area contributed by atoms with Gasteiger partial charge in [-0.1, -0.05) is 24.3 Å². The molecule has 1 saturated heterocycles. The molecule has 1 atom stereocenters. The summed E-state index contributed by atoms with van der Waals surface area (Å²) < 4.78 is 18.9. The van der Waals surface area contributed by atoms with Crippen LogP contribution < -0.4 is 15.0 Å². The van der Waals surface area contributed by atoms with E-state index in [1.807, 2.05) is 0 Å². The predicted octanol–water partition coefficient (Wildman–Crippen LogP) is 2.58. The second-order valence-electron chi connectivity index (χ2n) is 5.12. The van der Waals surface area contributed by atoms with Crippen LogP contribution in [0.3, 0.4) is 0 Å². The summed E-state index contributed by atoms with van der Waals surface area (Å²) in [6.07, 6.45) is -0.0365. The molecule has 1 fully saturated rings. The molecule has 3 rings (SSSR count). The number of nitrogens with one attached hydrogen (secondary N) is 1. The summed E-state index contributed by atoms with van der Waals surface area (Å²) in [6, 6.07) is 12.0. The monoisotopic (exact) mass is 314 g/mol. The molecule has 23 heavy (non-hydrogen) atoms. The third-order valence-electron chi connectivity index (χ3n) is 3.68. The van der Waals surface area contributed by atoms with E-state index in [2.05, 4.69) is 5.32 Å². The molecule has 1 N–H and O–H groups in total. The Kier molecular flexibility index (Phi) is 3.97. The zero-order valence-electron chi connectivity index (χ0n) is 12.5. The van der Waals surface area contributed by atoms with Gasteiger partial charge in [-0.3, -0.25) is 9.59 Å². The van der Waals surface area contributed by atoms with Crippen molar-refractivity contribution >= 4 is 23.2 Å². The molecule has 0 aromatic heterocycles. The lowest BCUT2D eigenvalue weighted by atomic mass is 10.2. The molecular weight excluding hydrogens is 299 g/mol. The molecule has 0 saturated carbocycles. The van der Waals surface area contributed by atoms with E-state index in [1.54, 1.807) is 36.4 Å². The molecule has 1 aliphatic rings. The van der Waals surface area contributed by atoms with Crippen LogP contribution in [0.2, 0.25) is 0 Å². The van der Waals surface area contributed by atoms with Crippen LogP contribution in [0.4, 0.5) is 15.8 Å². The maximum atomic E-state index is 13.7. The second-order valence-corrected chi connectivity index (χ2v) is 5.12. The van der Waals surface area contributed by atoms with Gasteiger partial charge >= 0.3 is 0 Å². The maximum absolute atomic E-state index is 13.7. The number of halogens is 1. The Balaban J connectivity index is 1.87. The molecule has 6 heteroatoms. The van der Waals surface area contributed by atoms with Gasteiger partial charge in [0.1, 0.15) is 17.6 Å². The number of hydrogen-bond acceptors (Lipinski definition) is 4. The largest absolute Gasteiger partial charge is 0.495 e. The van der Waals surface area contributed by atoms with Crippen molar-refractivity contribution in [1.29, 1.82) is 0 Å². The molecule has 1 aliphatic heterocycles. The van der Waals surface area contributed by atoms with Crippen LogP contribution in [0.25, 0.3) is 0 Å². The number of ether oxygens (including phenoxy) is 1. The van der Waals surface area contributed by atoms with Crippen LogP contribution in [-0.2, 0) is 9.59 Å². The molecule has 0 bridgehead atoms. The van der Waals surface area contributed by atoms with Gasteiger partial charge in [0.15, 0.2) is 0 Å². The highest BCUT2D eigenvalue weighted by molar-refractivity contribution is 6.23. The van der Waals surface area contributed by atoms with E-state index in [-0.39, 0.29) is 18.0 Å². The van der Waals surface area contributed by atoms with E-state index in [0.717, 1.165) is 4.90 Å². The van der Waals surface area contributed by atoms with Crippen LogP contribution in [0.15, 0.2) is 48.5 Å². The van der Waals surface area contributed by atoms with Crippen molar-refractivity contribution in [1.82, 2.24) is 0 Å². The highest BCUT2D eigenvalue weighted by atomic mass is 19.1. The van der Waals surface area contributed by atoms with E-state index in [0.29, 0.717) is 11.4 Å². The van der Waals surface area contributed by atoms with Crippen LogP contribution in [0, 0.1) is 5.82 Å². The van der Waals surface area contributed by atoms with E-state index in [1.165, 1.54) is 19.2 Å². The van der Waals surface area contributed by atoms with Gasteiger partial charge in [0, 0.05) is 0 Å². The van der Waals surface area contributed by atoms with Crippen molar-refractivity contribution < 1.29 is 18.7 Å². The number of carbonyl (C=O) groups is 2. The first-order valence-electron chi connectivity index (χ1n) is 7.12. The molecule has 1 heterocycles. The summed E-state index contributed by atoms with van der Waals surface area (Å²) in [5.41, 5.74) is 0.586. The normalized spacial score (nSPS) is 17.5. The van der Waals surface area contributed by atoms with Gasteiger partial charge in [0.2, 0.25) is 5.91 Å². The van der Waals surface area contributed by atoms with E-state index < -0.39 is 17.8 Å². The molecule has 0 spiro atoms. The van der Waals surface area contributed by atoms with Crippen LogP contribution >= 0.6 is 0 Å². The summed E-state index contributed by atoms with van der Waals surface area (Å²) in [5, 5.41) is 2.80. The predicted molar refractivity (Wildman–Crippen MR) is 83.9 cm³/mol. The minimum absolute atomic E-state index is 0.0365. The Labute approximate surface area is 132 Å². The zero-order valence-corrected chi connectivity index (χ0v) is 12.5. The van der Waals surface area contributed by atoms with Gasteiger partial charge < -0.3 is 10.1 Å². The number of methoxy groups -OCH3 is 1. The molecule has 118 valence electrons. The number of anilines is 2. The molecule has 0 unspecified atom stereocenters. The molecule has 2 aromatic rings. The van der Waals surface area contributed by atoms with Crippen molar-refractivity contribution in [2.45, 2.75) is 12.5 Å². The highest BCUT2D eigenvalue weighted by Gasteiger charge is 2.40. The van der Waals surface area contributed by atoms with Crippen molar-refractivity contribution in [3.8, 4) is 5.75 Å². The minimum Gasteiger partial charge on any atom is -0.495 e. The number of imide groups is 1. The minimum atomic E-state index is -0.802. The zero-order chi connectivity index (χ0) is 16.4. The third-order valence-corrected chi connectivity index (χ3v) is 3.68. The summed E-state index contributed by atoms with van der Waals surface area (Å²) in [4.78, 5) is 25.9. The number of rotatable bonds is 4. The van der Waals surface area contributed by atoms with Crippen LogP contribution in [-0.4, -0.2) is 25.0 Å². The third kappa shape index (κ3) is 2.75. The van der Waals surface area contributed by atoms with Crippen molar-refractivity contribution in [2.24, 2.45) is 0 Å². The quantitative estimate of drug-likeness (QED) is 0.881. The van der Waals surface area contributed by atoms with Gasteiger partial charge in [0.05, 0.1) is 24.9 Å². The molecule has 2 amide bonds. The molecule has 0 radical (unpaired) electrons. The van der Waals surface area contributed by atoms with E-state index in [9.17, 15) is 14.0 Å². The first-order chi connectivity index (χ1) is 11.1. The Morgan fingerprint density at radius 3 is 2.57 bits per heavy atom. The average molecular weight is 314 g/mol. The maximum Gasteiger partial charge on any atom is 0.256 e. The van der Waals surface area contributed by atoms with Crippen LogP contribution in [0.1, 0.15) is 6.42 Å². The first kappa shape index (κ1) is 15.0. The van der Waals surface area contributed by atoms with Gasteiger partial charge in [-0.05, 0) is 24.3 Å². The van der Waals surface area contributed by atoms with Gasteiger partial charge in [-0.2, -0.15) is 0 Å². The van der Waals surface area contributed by atoms with Gasteiger partial charge in [-0.25, -0.2) is 9.29 Å². The van der Waals surface area contributed by atoms with Crippen molar-refractivity contribution in [3.63, 3.8) is 0 Å². The number of benzene rings is 2. The first-order valence-corrected chi connectivity index (χ1v) is 7.12. The van der Waals surface area contributed by atoms with Crippen molar-refractivity contribution in [3.05, 3.63) is 54.3 Å². The summed E-state index contributed by atoms with van der Waals surface area (Å²) in [5.74, 6) is -0.819. The lowest BCUT2D eigenvalue weighted by Crippen LogP contribution is -2.35. The lowest BCUT2D eigenvalue weighted by Gasteiger charge is -2.18. The number of carbonyl (C=O) groups excluding carboxylic acids is 2. The summed E-state index contributed by atoms with van der Waals surface area (Å²) >= 11 is 0. The highest BCUT2D eigenvalue weighted by Crippen LogP contribution is 2.32. The fourth-order valence-electron chi connectivity index (χ4n) is 2.58. The Bertz CT molecular complexity index is 763. The summed E-state index contributed by atoms with van der Waals surface area (Å²) in [7, 11) is 1.47. The Morgan fingerprint density at radius 2 is 1.83 bits per heavy atom. The van der Waals surface area contributed by atoms with Gasteiger partial charge in [0.25, 0.3) is 5.91 Å². The summed E-state index contributed by atoms with van der Waals surface area (Å²) in [6.45, 7) is 0. The molecule has 5 nitrogen and oxygen atoms in total. The number of nitrogens with zero attached hydrogens (tertiary/aromatic N) is 1. The number of amides is 2. The van der Waals surface area contributed by atoms with E-state index in [4.69, 9.17) is 4.74 Å². The fourth-order valence-corrected chi connectivity index (χ4v) is 2.58. The average Bonchev–Trinajstić information content (AvgIpc) is 2.83. The number of para-hydroxylation sites is 3. The SMILES string of the molecule is COc1ccccc1N1C(=O)C[C@H](Nc2ccccc2F)C1=O. The van der Waals surface area contributed by atoms with Gasteiger partial charge in [-0.15, -0.1) is 0 Å². The smallest absolute Gasteiger partial charge is 0.256 e. The fraction of sp³-hybridized carbons (Fsp3) is 0.176. The number of hydrogen-bond donors (Lipinski definition) is 1. The standard InChI is InChI=1S/C17H15FN2O3/c1-23-15-9-5-4-8-14(15)20-16(21)10-13(17(20)22)19-12-7-3-2-6-11(12)18/h2-9,13,19H,10H2,1H3/t13-/m0/s1. The molecule has 0 aliphatic carbocycles. The van der Waals surface area contributed by atoms with E-state index >= 15 is 0 Å².